The van der Waals surface area contributed by atoms with Crippen molar-refractivity contribution >= 4 is 73.9 Å². The SMILES string of the molecule is CCc1nc(NCCCC(=O)[C@H](C)N(C)C(=O)OC(C)(C)C)cc(Nc2ncc(C3CCC3)s2)n1.CCc1nc(NCCCC(=O)[C@H](C)NC)cc(Nc2ncc(C3CCC3)s2)n1. The number of carbonyl (C=O) groups is 3. The normalized spacial score (nSPS) is 14.9. The van der Waals surface area contributed by atoms with Gasteiger partial charge in [-0.15, -0.1) is 22.7 Å². The molecule has 16 nitrogen and oxygen atoms in total. The number of anilines is 6. The second-order valence-electron chi connectivity index (χ2n) is 17.2. The molecule has 344 valence electrons. The smallest absolute Gasteiger partial charge is 0.410 e. The number of rotatable bonds is 22. The molecule has 4 aromatic rings. The van der Waals surface area contributed by atoms with Crippen LogP contribution in [0, 0.1) is 0 Å². The lowest BCUT2D eigenvalue weighted by Crippen LogP contribution is -2.43. The summed E-state index contributed by atoms with van der Waals surface area (Å²) in [7, 11) is 3.40. The number of carbonyl (C=O) groups excluding carboxylic acids is 3. The minimum atomic E-state index is -0.598. The van der Waals surface area contributed by atoms with Gasteiger partial charge in [-0.3, -0.25) is 9.59 Å². The molecule has 2 atom stereocenters. The summed E-state index contributed by atoms with van der Waals surface area (Å²) in [6.07, 6.45) is 14.9. The molecule has 4 heterocycles. The number of aromatic nitrogens is 6. The van der Waals surface area contributed by atoms with Crippen molar-refractivity contribution in [1.29, 1.82) is 0 Å². The van der Waals surface area contributed by atoms with Crippen molar-refractivity contribution in [3.8, 4) is 0 Å². The Kier molecular flexibility index (Phi) is 18.6. The summed E-state index contributed by atoms with van der Waals surface area (Å²) in [6, 6.07) is 3.13. The van der Waals surface area contributed by atoms with Crippen molar-refractivity contribution in [2.45, 2.75) is 155 Å². The largest absolute Gasteiger partial charge is 0.444 e. The van der Waals surface area contributed by atoms with E-state index >= 15 is 0 Å². The molecular formula is C45H68N12O4S2. The van der Waals surface area contributed by atoms with E-state index in [0.29, 0.717) is 62.2 Å². The molecule has 0 unspecified atom stereocenters. The van der Waals surface area contributed by atoms with Crippen LogP contribution in [0.4, 0.5) is 38.3 Å². The van der Waals surface area contributed by atoms with Gasteiger partial charge in [0, 0.05) is 80.1 Å². The predicted molar refractivity (Wildman–Crippen MR) is 254 cm³/mol. The van der Waals surface area contributed by atoms with Gasteiger partial charge in [-0.25, -0.2) is 34.7 Å². The maximum absolute atomic E-state index is 12.6. The molecule has 0 aliphatic heterocycles. The van der Waals surface area contributed by atoms with E-state index in [2.05, 4.69) is 56.5 Å². The van der Waals surface area contributed by atoms with Crippen molar-refractivity contribution in [3.05, 3.63) is 45.9 Å². The first-order chi connectivity index (χ1) is 30.1. The summed E-state index contributed by atoms with van der Waals surface area (Å²) in [5.74, 6) is 6.03. The standard InChI is InChI=1S/C25H38N6O3S.C20H30N6OS/c1-7-20-28-21(14-22(29-20)30-23-27-15-19(35-23)17-10-8-11-17)26-13-9-12-18(32)16(2)31(6)24(33)34-25(3,4)5;1-4-17-24-18(22-10-6-9-15(27)13(2)21-3)11-19(25-17)26-20-23-12-16(28-20)14-7-5-8-14/h14-17H,7-13H2,1-6H3,(H2,26,27,28,29,30);11-14,21H,4-10H2,1-3H3,(H2,22,23,24,25,26)/t16-;13-/m00/s1. The van der Waals surface area contributed by atoms with Crippen LogP contribution in [0.25, 0.3) is 0 Å². The van der Waals surface area contributed by atoms with Gasteiger partial charge >= 0.3 is 6.09 Å². The van der Waals surface area contributed by atoms with Crippen molar-refractivity contribution in [2.75, 3.05) is 48.5 Å². The van der Waals surface area contributed by atoms with Crippen molar-refractivity contribution in [1.82, 2.24) is 40.1 Å². The van der Waals surface area contributed by atoms with E-state index in [1.165, 1.54) is 53.2 Å². The lowest BCUT2D eigenvalue weighted by molar-refractivity contribution is -0.123. The number of nitrogens with one attached hydrogen (secondary N) is 5. The molecule has 4 aromatic heterocycles. The molecule has 0 bridgehead atoms. The molecule has 0 spiro atoms. The van der Waals surface area contributed by atoms with Gasteiger partial charge in [0.1, 0.15) is 46.3 Å². The van der Waals surface area contributed by atoms with Crippen LogP contribution >= 0.6 is 22.7 Å². The molecule has 18 heteroatoms. The highest BCUT2D eigenvalue weighted by molar-refractivity contribution is 7.16. The molecule has 6 rings (SSSR count). The third-order valence-electron chi connectivity index (χ3n) is 11.2. The van der Waals surface area contributed by atoms with E-state index < -0.39 is 17.7 Å². The quantitative estimate of drug-likeness (QED) is 0.0467. The number of hydrogen-bond donors (Lipinski definition) is 5. The number of hydrogen-bond acceptors (Lipinski definition) is 17. The summed E-state index contributed by atoms with van der Waals surface area (Å²) in [6.45, 7) is 14.4. The molecule has 2 saturated carbocycles. The molecule has 63 heavy (non-hydrogen) atoms. The summed E-state index contributed by atoms with van der Waals surface area (Å²) >= 11 is 3.40. The van der Waals surface area contributed by atoms with E-state index in [4.69, 9.17) is 4.74 Å². The number of nitrogens with zero attached hydrogens (tertiary/aromatic N) is 7. The van der Waals surface area contributed by atoms with Crippen LogP contribution in [-0.4, -0.2) is 97.3 Å². The van der Waals surface area contributed by atoms with Crippen LogP contribution in [0.1, 0.15) is 146 Å². The van der Waals surface area contributed by atoms with Gasteiger partial charge in [0.15, 0.2) is 16.0 Å². The van der Waals surface area contributed by atoms with Crippen LogP contribution in [0.15, 0.2) is 24.5 Å². The molecule has 2 aliphatic carbocycles. The van der Waals surface area contributed by atoms with Crippen LogP contribution in [0.2, 0.25) is 0 Å². The second-order valence-corrected chi connectivity index (χ2v) is 19.4. The number of ether oxygens (including phenoxy) is 1. The molecule has 0 aromatic carbocycles. The van der Waals surface area contributed by atoms with Crippen LogP contribution in [0.5, 0.6) is 0 Å². The first kappa shape index (κ1) is 49.2. The maximum Gasteiger partial charge on any atom is 0.410 e. The van der Waals surface area contributed by atoms with Gasteiger partial charge < -0.3 is 36.2 Å². The highest BCUT2D eigenvalue weighted by atomic mass is 32.1. The zero-order valence-electron chi connectivity index (χ0n) is 38.6. The van der Waals surface area contributed by atoms with Crippen molar-refractivity contribution < 1.29 is 19.1 Å². The number of thiazole rings is 2. The van der Waals surface area contributed by atoms with E-state index in [9.17, 15) is 14.4 Å². The Hall–Kier alpha value is -4.81. The van der Waals surface area contributed by atoms with E-state index in [1.807, 2.05) is 45.3 Å². The van der Waals surface area contributed by atoms with E-state index in [-0.39, 0.29) is 17.6 Å². The fourth-order valence-corrected chi connectivity index (χ4v) is 8.53. The summed E-state index contributed by atoms with van der Waals surface area (Å²) in [4.78, 5) is 68.0. The van der Waals surface area contributed by atoms with Gasteiger partial charge in [-0.1, -0.05) is 26.7 Å². The average molecular weight is 905 g/mol. The Bertz CT molecular complexity index is 2100. The van der Waals surface area contributed by atoms with Gasteiger partial charge in [-0.05, 0) is 92.0 Å². The lowest BCUT2D eigenvalue weighted by atomic mass is 9.85. The number of aryl methyl sites for hydroxylation is 2. The number of Topliss-reactive ketones (excluding diaryl/α,β-unsaturated/α-hetero) is 2. The maximum atomic E-state index is 12.6. The third-order valence-corrected chi connectivity index (χ3v) is 13.3. The third kappa shape index (κ3) is 15.4. The first-order valence-corrected chi connectivity index (χ1v) is 24.2. The average Bonchev–Trinajstić information content (AvgIpc) is 3.87. The van der Waals surface area contributed by atoms with Gasteiger partial charge in [0.25, 0.3) is 0 Å². The second kappa shape index (κ2) is 23.8. The van der Waals surface area contributed by atoms with Crippen molar-refractivity contribution in [2.24, 2.45) is 0 Å². The zero-order valence-corrected chi connectivity index (χ0v) is 40.2. The number of ketones is 2. The van der Waals surface area contributed by atoms with Crippen LogP contribution in [0.3, 0.4) is 0 Å². The molecule has 5 N–H and O–H groups in total. The van der Waals surface area contributed by atoms with Crippen LogP contribution < -0.4 is 26.6 Å². The van der Waals surface area contributed by atoms with E-state index in [1.54, 1.807) is 64.5 Å². The number of amides is 1. The lowest BCUT2D eigenvalue weighted by Gasteiger charge is -2.28. The molecule has 0 saturated heterocycles. The highest BCUT2D eigenvalue weighted by Gasteiger charge is 2.27. The summed E-state index contributed by atoms with van der Waals surface area (Å²) < 4.78 is 5.35. The Morgan fingerprint density at radius 3 is 1.59 bits per heavy atom. The van der Waals surface area contributed by atoms with E-state index in [0.717, 1.165) is 46.4 Å². The Morgan fingerprint density at radius 1 is 0.746 bits per heavy atom. The molecular weight excluding hydrogens is 837 g/mol. The topological polar surface area (TPSA) is 201 Å². The zero-order chi connectivity index (χ0) is 45.5. The van der Waals surface area contributed by atoms with Gasteiger partial charge in [0.05, 0.1) is 12.1 Å². The first-order valence-electron chi connectivity index (χ1n) is 22.5. The molecule has 1 amide bonds. The Morgan fingerprint density at radius 2 is 1.19 bits per heavy atom. The molecule has 0 radical (unpaired) electrons. The van der Waals surface area contributed by atoms with Gasteiger partial charge in [-0.2, -0.15) is 0 Å². The fourth-order valence-electron chi connectivity index (χ4n) is 6.54. The Labute approximate surface area is 381 Å². The minimum Gasteiger partial charge on any atom is -0.444 e. The minimum absolute atomic E-state index is 0.00881. The van der Waals surface area contributed by atoms with Crippen LogP contribution in [-0.2, 0) is 27.2 Å². The molecule has 2 fully saturated rings. The monoisotopic (exact) mass is 904 g/mol. The molecule has 2 aliphatic rings. The van der Waals surface area contributed by atoms with Gasteiger partial charge in [0.2, 0.25) is 0 Å². The van der Waals surface area contributed by atoms with Crippen molar-refractivity contribution in [3.63, 3.8) is 0 Å². The summed E-state index contributed by atoms with van der Waals surface area (Å²) in [5, 5.41) is 18.0. The Balaban J connectivity index is 0.000000243. The predicted octanol–water partition coefficient (Wildman–Crippen LogP) is 9.40. The fraction of sp³-hybridized carbons (Fsp3) is 0.622. The number of likely N-dealkylation sites (N-methyl/N-ethyl adjacent to an activating group) is 2. The summed E-state index contributed by atoms with van der Waals surface area (Å²) in [5.41, 5.74) is -0.598. The highest BCUT2D eigenvalue weighted by Crippen LogP contribution is 2.41.